The van der Waals surface area contributed by atoms with Gasteiger partial charge in [0.2, 0.25) is 0 Å². The summed E-state index contributed by atoms with van der Waals surface area (Å²) in [5, 5.41) is 0. The van der Waals surface area contributed by atoms with Crippen LogP contribution in [-0.2, 0) is 0 Å². The zero-order valence-corrected chi connectivity index (χ0v) is 10.7. The number of benzene rings is 1. The zero-order valence-electron chi connectivity index (χ0n) is 10.7. The SMILES string of the molecule is CCN(CC)c1cccc(OC)c1[C@@H](C)N. The van der Waals surface area contributed by atoms with Crippen LogP contribution in [0.2, 0.25) is 0 Å². The molecule has 0 unspecified atom stereocenters. The van der Waals surface area contributed by atoms with Crippen LogP contribution in [0.5, 0.6) is 5.75 Å². The highest BCUT2D eigenvalue weighted by Gasteiger charge is 2.15. The van der Waals surface area contributed by atoms with Crippen LogP contribution >= 0.6 is 0 Å². The molecule has 0 aliphatic rings. The van der Waals surface area contributed by atoms with E-state index in [0.29, 0.717) is 0 Å². The molecule has 0 saturated heterocycles. The number of anilines is 1. The number of hydrogen-bond acceptors (Lipinski definition) is 3. The lowest BCUT2D eigenvalue weighted by molar-refractivity contribution is 0.407. The van der Waals surface area contributed by atoms with Crippen LogP contribution in [0.3, 0.4) is 0 Å². The summed E-state index contributed by atoms with van der Waals surface area (Å²) >= 11 is 0. The van der Waals surface area contributed by atoms with Gasteiger partial charge in [-0.2, -0.15) is 0 Å². The Bertz CT molecular complexity index is 333. The lowest BCUT2D eigenvalue weighted by Gasteiger charge is -2.26. The van der Waals surface area contributed by atoms with Crippen molar-refractivity contribution in [2.45, 2.75) is 26.8 Å². The number of nitrogens with zero attached hydrogens (tertiary/aromatic N) is 1. The second kappa shape index (κ2) is 5.75. The highest BCUT2D eigenvalue weighted by molar-refractivity contribution is 5.60. The molecule has 0 spiro atoms. The molecule has 0 fully saturated rings. The molecule has 90 valence electrons. The van der Waals surface area contributed by atoms with E-state index in [1.807, 2.05) is 19.1 Å². The summed E-state index contributed by atoms with van der Waals surface area (Å²) in [4.78, 5) is 2.29. The van der Waals surface area contributed by atoms with Crippen LogP contribution in [0.25, 0.3) is 0 Å². The lowest BCUT2D eigenvalue weighted by Crippen LogP contribution is -2.24. The van der Waals surface area contributed by atoms with Gasteiger partial charge in [0, 0.05) is 30.4 Å². The molecular formula is C13H22N2O. The smallest absolute Gasteiger partial charge is 0.125 e. The zero-order chi connectivity index (χ0) is 12.1. The van der Waals surface area contributed by atoms with E-state index in [9.17, 15) is 0 Å². The molecule has 0 radical (unpaired) electrons. The molecule has 0 bridgehead atoms. The summed E-state index contributed by atoms with van der Waals surface area (Å²) in [5.74, 6) is 0.874. The largest absolute Gasteiger partial charge is 0.496 e. The average molecular weight is 222 g/mol. The standard InChI is InChI=1S/C13H22N2O/c1-5-15(6-2)11-8-7-9-12(16-4)13(11)10(3)14/h7-10H,5-6,14H2,1-4H3/t10-/m1/s1. The fraction of sp³-hybridized carbons (Fsp3) is 0.538. The minimum absolute atomic E-state index is 0.0215. The molecule has 3 heteroatoms. The minimum Gasteiger partial charge on any atom is -0.496 e. The van der Waals surface area contributed by atoms with Crippen LogP contribution in [0, 0.1) is 0 Å². The molecule has 0 aliphatic carbocycles. The van der Waals surface area contributed by atoms with Crippen molar-refractivity contribution in [3.05, 3.63) is 23.8 Å². The predicted octanol–water partition coefficient (Wildman–Crippen LogP) is 2.56. The fourth-order valence-corrected chi connectivity index (χ4v) is 2.01. The average Bonchev–Trinajstić information content (AvgIpc) is 2.30. The molecule has 1 atom stereocenters. The molecule has 0 aliphatic heterocycles. The molecule has 0 aromatic heterocycles. The van der Waals surface area contributed by atoms with E-state index >= 15 is 0 Å². The Morgan fingerprint density at radius 2 is 1.94 bits per heavy atom. The van der Waals surface area contributed by atoms with Gasteiger partial charge in [-0.05, 0) is 32.9 Å². The number of ether oxygens (including phenoxy) is 1. The van der Waals surface area contributed by atoms with Crippen LogP contribution in [0.1, 0.15) is 32.4 Å². The van der Waals surface area contributed by atoms with Crippen molar-refractivity contribution in [2.24, 2.45) is 5.73 Å². The second-order valence-corrected chi connectivity index (χ2v) is 3.85. The summed E-state index contributed by atoms with van der Waals surface area (Å²) in [6.45, 7) is 8.24. The number of nitrogens with two attached hydrogens (primary N) is 1. The van der Waals surface area contributed by atoms with Crippen LogP contribution in [-0.4, -0.2) is 20.2 Å². The Morgan fingerprint density at radius 3 is 2.38 bits per heavy atom. The van der Waals surface area contributed by atoms with Crippen molar-refractivity contribution in [2.75, 3.05) is 25.1 Å². The van der Waals surface area contributed by atoms with Crippen molar-refractivity contribution in [3.63, 3.8) is 0 Å². The summed E-state index contributed by atoms with van der Waals surface area (Å²) in [7, 11) is 1.69. The van der Waals surface area contributed by atoms with Crippen molar-refractivity contribution in [1.82, 2.24) is 0 Å². The van der Waals surface area contributed by atoms with E-state index in [1.54, 1.807) is 7.11 Å². The molecule has 1 rings (SSSR count). The molecule has 3 nitrogen and oxygen atoms in total. The van der Waals surface area contributed by atoms with E-state index in [-0.39, 0.29) is 6.04 Å². The molecule has 1 aromatic carbocycles. The van der Waals surface area contributed by atoms with Gasteiger partial charge < -0.3 is 15.4 Å². The van der Waals surface area contributed by atoms with E-state index < -0.39 is 0 Å². The quantitative estimate of drug-likeness (QED) is 0.832. The highest BCUT2D eigenvalue weighted by Crippen LogP contribution is 2.33. The van der Waals surface area contributed by atoms with E-state index in [4.69, 9.17) is 10.5 Å². The Hall–Kier alpha value is -1.22. The van der Waals surface area contributed by atoms with Crippen LogP contribution in [0.4, 0.5) is 5.69 Å². The fourth-order valence-electron chi connectivity index (χ4n) is 2.01. The molecular weight excluding hydrogens is 200 g/mol. The Balaban J connectivity index is 3.26. The maximum Gasteiger partial charge on any atom is 0.125 e. The number of hydrogen-bond donors (Lipinski definition) is 1. The maximum atomic E-state index is 6.03. The van der Waals surface area contributed by atoms with Gasteiger partial charge in [-0.3, -0.25) is 0 Å². The summed E-state index contributed by atoms with van der Waals surface area (Å²) in [6.07, 6.45) is 0. The monoisotopic (exact) mass is 222 g/mol. The lowest BCUT2D eigenvalue weighted by atomic mass is 10.0. The van der Waals surface area contributed by atoms with Gasteiger partial charge in [-0.1, -0.05) is 6.07 Å². The van der Waals surface area contributed by atoms with Gasteiger partial charge in [0.15, 0.2) is 0 Å². The summed E-state index contributed by atoms with van der Waals surface area (Å²) in [5.41, 5.74) is 8.30. The molecule has 0 amide bonds. The first-order chi connectivity index (χ1) is 7.65. The van der Waals surface area contributed by atoms with Gasteiger partial charge in [-0.15, -0.1) is 0 Å². The van der Waals surface area contributed by atoms with Crippen molar-refractivity contribution < 1.29 is 4.74 Å². The summed E-state index contributed by atoms with van der Waals surface area (Å²) < 4.78 is 5.38. The third-order valence-electron chi connectivity index (χ3n) is 2.82. The Morgan fingerprint density at radius 1 is 1.31 bits per heavy atom. The third kappa shape index (κ3) is 2.47. The van der Waals surface area contributed by atoms with Gasteiger partial charge in [0.05, 0.1) is 7.11 Å². The molecule has 16 heavy (non-hydrogen) atoms. The van der Waals surface area contributed by atoms with E-state index in [1.165, 1.54) is 5.69 Å². The maximum absolute atomic E-state index is 6.03. The molecule has 0 saturated carbocycles. The van der Waals surface area contributed by atoms with Gasteiger partial charge in [0.1, 0.15) is 5.75 Å². The van der Waals surface area contributed by atoms with E-state index in [2.05, 4.69) is 24.8 Å². The molecule has 1 aromatic rings. The van der Waals surface area contributed by atoms with Crippen LogP contribution in [0.15, 0.2) is 18.2 Å². The number of rotatable bonds is 5. The second-order valence-electron chi connectivity index (χ2n) is 3.85. The van der Waals surface area contributed by atoms with Gasteiger partial charge >= 0.3 is 0 Å². The predicted molar refractivity (Wildman–Crippen MR) is 69.2 cm³/mol. The Kier molecular flexibility index (Phi) is 4.62. The van der Waals surface area contributed by atoms with E-state index in [0.717, 1.165) is 24.4 Å². The van der Waals surface area contributed by atoms with Crippen LogP contribution < -0.4 is 15.4 Å². The first-order valence-electron chi connectivity index (χ1n) is 5.83. The molecule has 0 heterocycles. The topological polar surface area (TPSA) is 38.5 Å². The van der Waals surface area contributed by atoms with Crippen molar-refractivity contribution in [1.29, 1.82) is 0 Å². The highest BCUT2D eigenvalue weighted by atomic mass is 16.5. The van der Waals surface area contributed by atoms with Gasteiger partial charge in [0.25, 0.3) is 0 Å². The first-order valence-corrected chi connectivity index (χ1v) is 5.83. The Labute approximate surface area is 98.2 Å². The first kappa shape index (κ1) is 12.8. The van der Waals surface area contributed by atoms with Crippen molar-refractivity contribution in [3.8, 4) is 5.75 Å². The third-order valence-corrected chi connectivity index (χ3v) is 2.82. The molecule has 2 N–H and O–H groups in total. The van der Waals surface area contributed by atoms with Gasteiger partial charge in [-0.25, -0.2) is 0 Å². The normalized spacial score (nSPS) is 12.3. The summed E-state index contributed by atoms with van der Waals surface area (Å²) in [6, 6.07) is 6.06. The number of methoxy groups -OCH3 is 1. The van der Waals surface area contributed by atoms with Crippen molar-refractivity contribution >= 4 is 5.69 Å². The minimum atomic E-state index is -0.0215.